The van der Waals surface area contributed by atoms with Crippen LogP contribution in [-0.4, -0.2) is 19.2 Å². The predicted molar refractivity (Wildman–Crippen MR) is 119 cm³/mol. The molecule has 4 nitrogen and oxygen atoms in total. The molecule has 1 heterocycles. The van der Waals surface area contributed by atoms with Crippen LogP contribution >= 0.6 is 0 Å². The van der Waals surface area contributed by atoms with E-state index in [1.807, 2.05) is 19.2 Å². The lowest BCUT2D eigenvalue weighted by Gasteiger charge is -2.16. The maximum absolute atomic E-state index is 12.3. The van der Waals surface area contributed by atoms with Gasteiger partial charge in [0.2, 0.25) is 5.91 Å². The van der Waals surface area contributed by atoms with Gasteiger partial charge in [-0.25, -0.2) is 0 Å². The van der Waals surface area contributed by atoms with Crippen LogP contribution in [0.3, 0.4) is 0 Å². The van der Waals surface area contributed by atoms with Gasteiger partial charge in [0.15, 0.2) is 0 Å². The molecule has 1 N–H and O–H groups in total. The van der Waals surface area contributed by atoms with Crippen molar-refractivity contribution in [3.05, 3.63) is 59.2 Å². The van der Waals surface area contributed by atoms with Crippen LogP contribution in [-0.2, 0) is 9.53 Å². The Labute approximate surface area is 170 Å². The molecule has 1 rings (SSSR count). The molecule has 1 aliphatic heterocycles. The number of carbonyl (C=O) groups is 1. The van der Waals surface area contributed by atoms with Gasteiger partial charge in [0.05, 0.1) is 6.21 Å². The molecule has 0 aliphatic carbocycles. The fraction of sp³-hybridized carbons (Fsp3) is 0.500. The Morgan fingerprint density at radius 3 is 2.79 bits per heavy atom. The first-order valence-electron chi connectivity index (χ1n) is 10.3. The van der Waals surface area contributed by atoms with Crippen molar-refractivity contribution < 1.29 is 9.53 Å². The SMILES string of the molecule is C=CC=C(C=C(C(=O)NC)C(C)CC)OC1=C(C)CCC=C(CCCC)N=C1. The third kappa shape index (κ3) is 7.71. The summed E-state index contributed by atoms with van der Waals surface area (Å²) in [5.41, 5.74) is 2.96. The van der Waals surface area contributed by atoms with Gasteiger partial charge in [0.25, 0.3) is 0 Å². The molecule has 154 valence electrons. The maximum atomic E-state index is 12.3. The van der Waals surface area contributed by atoms with E-state index in [4.69, 9.17) is 4.74 Å². The number of carbonyl (C=O) groups excluding carboxylic acids is 1. The van der Waals surface area contributed by atoms with Gasteiger partial charge in [-0.2, -0.15) is 0 Å². The lowest BCUT2D eigenvalue weighted by atomic mass is 9.97. The number of amides is 1. The molecular formula is C24H36N2O2. The van der Waals surface area contributed by atoms with Crippen LogP contribution in [0.15, 0.2) is 64.2 Å². The van der Waals surface area contributed by atoms with Crippen LogP contribution in [0.4, 0.5) is 0 Å². The van der Waals surface area contributed by atoms with Gasteiger partial charge in [-0.15, -0.1) is 0 Å². The molecule has 0 saturated carbocycles. The summed E-state index contributed by atoms with van der Waals surface area (Å²) in [6, 6.07) is 0. The minimum Gasteiger partial charge on any atom is -0.456 e. The minimum atomic E-state index is -0.0882. The van der Waals surface area contributed by atoms with Gasteiger partial charge in [-0.3, -0.25) is 9.79 Å². The number of nitrogens with one attached hydrogen (secondary N) is 1. The van der Waals surface area contributed by atoms with Crippen molar-refractivity contribution in [2.75, 3.05) is 7.05 Å². The number of hydrogen-bond acceptors (Lipinski definition) is 3. The van der Waals surface area contributed by atoms with Crippen molar-refractivity contribution in [3.8, 4) is 0 Å². The van der Waals surface area contributed by atoms with Gasteiger partial charge in [0.1, 0.15) is 11.5 Å². The second-order valence-corrected chi connectivity index (χ2v) is 7.14. The molecule has 0 saturated heterocycles. The first-order valence-corrected chi connectivity index (χ1v) is 10.3. The van der Waals surface area contributed by atoms with Gasteiger partial charge in [-0.1, -0.05) is 45.9 Å². The van der Waals surface area contributed by atoms with Crippen molar-refractivity contribution >= 4 is 12.1 Å². The number of unbranched alkanes of at least 4 members (excludes halogenated alkanes) is 1. The van der Waals surface area contributed by atoms with E-state index in [9.17, 15) is 4.79 Å². The smallest absolute Gasteiger partial charge is 0.247 e. The first kappa shape index (κ1) is 23.7. The summed E-state index contributed by atoms with van der Waals surface area (Å²) in [6.07, 6.45) is 15.3. The third-order valence-corrected chi connectivity index (χ3v) is 4.89. The zero-order valence-corrected chi connectivity index (χ0v) is 18.2. The van der Waals surface area contributed by atoms with E-state index >= 15 is 0 Å². The lowest BCUT2D eigenvalue weighted by Crippen LogP contribution is -2.23. The van der Waals surface area contributed by atoms with Crippen LogP contribution in [0.2, 0.25) is 0 Å². The minimum absolute atomic E-state index is 0.0882. The maximum Gasteiger partial charge on any atom is 0.247 e. The Morgan fingerprint density at radius 2 is 2.18 bits per heavy atom. The molecule has 0 aromatic rings. The molecule has 0 bridgehead atoms. The highest BCUT2D eigenvalue weighted by molar-refractivity contribution is 5.94. The van der Waals surface area contributed by atoms with E-state index < -0.39 is 0 Å². The molecule has 0 spiro atoms. The monoisotopic (exact) mass is 384 g/mol. The van der Waals surface area contributed by atoms with Crippen molar-refractivity contribution in [3.63, 3.8) is 0 Å². The van der Waals surface area contributed by atoms with Gasteiger partial charge in [-0.05, 0) is 62.7 Å². The quantitative estimate of drug-likeness (QED) is 0.285. The van der Waals surface area contributed by atoms with E-state index in [2.05, 4.69) is 43.7 Å². The molecule has 4 heteroatoms. The highest BCUT2D eigenvalue weighted by Crippen LogP contribution is 2.23. The fourth-order valence-electron chi connectivity index (χ4n) is 2.82. The lowest BCUT2D eigenvalue weighted by molar-refractivity contribution is -0.117. The van der Waals surface area contributed by atoms with Crippen LogP contribution in [0.1, 0.15) is 66.2 Å². The third-order valence-electron chi connectivity index (χ3n) is 4.89. The summed E-state index contributed by atoms with van der Waals surface area (Å²) >= 11 is 0. The molecule has 1 amide bonds. The van der Waals surface area contributed by atoms with Crippen molar-refractivity contribution in [2.24, 2.45) is 10.9 Å². The summed E-state index contributed by atoms with van der Waals surface area (Å²) < 4.78 is 6.19. The number of rotatable bonds is 10. The van der Waals surface area contributed by atoms with E-state index in [1.54, 1.807) is 19.2 Å². The second kappa shape index (κ2) is 12.9. The van der Waals surface area contributed by atoms with Crippen LogP contribution in [0.25, 0.3) is 0 Å². The zero-order valence-electron chi connectivity index (χ0n) is 18.2. The Hall–Kier alpha value is -2.36. The summed E-state index contributed by atoms with van der Waals surface area (Å²) in [5, 5.41) is 2.72. The summed E-state index contributed by atoms with van der Waals surface area (Å²) in [5.74, 6) is 1.37. The Balaban J connectivity index is 3.16. The molecule has 0 aromatic carbocycles. The van der Waals surface area contributed by atoms with Crippen LogP contribution < -0.4 is 5.32 Å². The van der Waals surface area contributed by atoms with E-state index in [-0.39, 0.29) is 11.8 Å². The number of hydrogen-bond donors (Lipinski definition) is 1. The zero-order chi connectivity index (χ0) is 20.9. The Bertz CT molecular complexity index is 693. The normalized spacial score (nSPS) is 16.8. The van der Waals surface area contributed by atoms with Gasteiger partial charge in [0, 0.05) is 18.3 Å². The highest BCUT2D eigenvalue weighted by Gasteiger charge is 2.16. The summed E-state index contributed by atoms with van der Waals surface area (Å²) in [6.45, 7) is 12.1. The number of ether oxygens (including phenoxy) is 1. The van der Waals surface area contributed by atoms with Crippen LogP contribution in [0, 0.1) is 5.92 Å². The van der Waals surface area contributed by atoms with E-state index in [0.717, 1.165) is 55.6 Å². The highest BCUT2D eigenvalue weighted by atomic mass is 16.5. The summed E-state index contributed by atoms with van der Waals surface area (Å²) in [7, 11) is 1.65. The number of likely N-dealkylation sites (N-methyl/N-ethyl adjacent to an activating group) is 1. The van der Waals surface area contributed by atoms with Crippen molar-refractivity contribution in [1.82, 2.24) is 5.32 Å². The standard InChI is InChI=1S/C24H36N2O2/c1-7-10-14-20-15-11-13-19(5)23(17-26-20)28-21(12-8-2)16-22(18(4)9-3)24(27)25-6/h8,12,15-18H,2,7,9-11,13-14H2,1,3-6H3,(H,25,27). The fourth-order valence-corrected chi connectivity index (χ4v) is 2.82. The number of aliphatic imine (C=N–C) groups is 1. The predicted octanol–water partition coefficient (Wildman–Crippen LogP) is 6.00. The van der Waals surface area contributed by atoms with Crippen molar-refractivity contribution in [2.45, 2.75) is 66.2 Å². The van der Waals surface area contributed by atoms with Gasteiger partial charge < -0.3 is 10.1 Å². The molecule has 0 fully saturated rings. The summed E-state index contributed by atoms with van der Waals surface area (Å²) in [4.78, 5) is 17.0. The van der Waals surface area contributed by atoms with E-state index in [1.165, 1.54) is 0 Å². The Kier molecular flexibility index (Phi) is 10.9. The molecule has 1 aliphatic rings. The molecule has 0 aromatic heterocycles. The number of allylic oxidation sites excluding steroid dienone is 7. The average Bonchev–Trinajstić information content (AvgIpc) is 2.69. The molecular weight excluding hydrogens is 348 g/mol. The number of nitrogens with zero attached hydrogens (tertiary/aromatic N) is 1. The van der Waals surface area contributed by atoms with Crippen LogP contribution in [0.5, 0.6) is 0 Å². The Morgan fingerprint density at radius 1 is 1.43 bits per heavy atom. The van der Waals surface area contributed by atoms with E-state index in [0.29, 0.717) is 11.3 Å². The molecule has 0 radical (unpaired) electrons. The largest absolute Gasteiger partial charge is 0.456 e. The molecule has 1 atom stereocenters. The molecule has 28 heavy (non-hydrogen) atoms. The topological polar surface area (TPSA) is 50.7 Å². The van der Waals surface area contributed by atoms with Gasteiger partial charge >= 0.3 is 0 Å². The average molecular weight is 385 g/mol. The first-order chi connectivity index (χ1) is 13.5. The molecule has 1 unspecified atom stereocenters. The van der Waals surface area contributed by atoms with Crippen molar-refractivity contribution in [1.29, 1.82) is 0 Å². The second-order valence-electron chi connectivity index (χ2n) is 7.14.